The van der Waals surface area contributed by atoms with Gasteiger partial charge in [0.15, 0.2) is 0 Å². The molecule has 0 bridgehead atoms. The van der Waals surface area contributed by atoms with E-state index in [0.717, 1.165) is 21.9 Å². The predicted molar refractivity (Wildman–Crippen MR) is 117 cm³/mol. The lowest BCUT2D eigenvalue weighted by atomic mass is 9.96. The number of carboxylic acids is 1. The summed E-state index contributed by atoms with van der Waals surface area (Å²) in [5, 5.41) is 12.2. The number of pyridine rings is 1. The van der Waals surface area contributed by atoms with Gasteiger partial charge >= 0.3 is 5.97 Å². The van der Waals surface area contributed by atoms with Crippen molar-refractivity contribution in [2.24, 2.45) is 0 Å². The number of carbonyl (C=O) groups is 1. The van der Waals surface area contributed by atoms with Crippen molar-refractivity contribution in [2.75, 3.05) is 0 Å². The second kappa shape index (κ2) is 7.64. The summed E-state index contributed by atoms with van der Waals surface area (Å²) >= 11 is 0. The van der Waals surface area contributed by atoms with Gasteiger partial charge in [-0.2, -0.15) is 0 Å². The van der Waals surface area contributed by atoms with Crippen molar-refractivity contribution in [3.05, 3.63) is 83.3 Å². The van der Waals surface area contributed by atoms with Crippen molar-refractivity contribution < 1.29 is 9.90 Å². The number of nitrogens with one attached hydrogen (secondary N) is 2. The van der Waals surface area contributed by atoms with Gasteiger partial charge in [-0.25, -0.2) is 0 Å². The van der Waals surface area contributed by atoms with Gasteiger partial charge < -0.3 is 15.1 Å². The van der Waals surface area contributed by atoms with Gasteiger partial charge in [-0.15, -0.1) is 0 Å². The van der Waals surface area contributed by atoms with E-state index in [4.69, 9.17) is 5.11 Å². The Hall–Kier alpha value is -3.86. The van der Waals surface area contributed by atoms with Gasteiger partial charge in [0, 0.05) is 28.9 Å². The molecule has 2 aromatic heterocycles. The molecular weight excluding hydrogens is 364 g/mol. The second-order valence-electron chi connectivity index (χ2n) is 6.75. The van der Waals surface area contributed by atoms with Crippen LogP contribution in [0.4, 0.5) is 0 Å². The Balaban J connectivity index is 0.000000369. The van der Waals surface area contributed by atoms with Crippen molar-refractivity contribution in [1.82, 2.24) is 9.97 Å². The highest BCUT2D eigenvalue weighted by Crippen LogP contribution is 2.31. The van der Waals surface area contributed by atoms with Gasteiger partial charge in [0.2, 0.25) is 0 Å². The minimum Gasteiger partial charge on any atom is -0.481 e. The van der Waals surface area contributed by atoms with Crippen LogP contribution in [0.2, 0.25) is 0 Å². The molecule has 0 atom stereocenters. The zero-order chi connectivity index (χ0) is 20.4. The number of aliphatic carboxylic acids is 1. The van der Waals surface area contributed by atoms with Crippen molar-refractivity contribution in [1.29, 1.82) is 0 Å². The first-order valence-electron chi connectivity index (χ1n) is 9.41. The molecule has 0 unspecified atom stereocenters. The number of aromatic amines is 2. The summed E-state index contributed by atoms with van der Waals surface area (Å²) in [6, 6.07) is 22.9. The summed E-state index contributed by atoms with van der Waals surface area (Å²) in [6.07, 6.45) is 2.03. The van der Waals surface area contributed by atoms with Crippen molar-refractivity contribution in [3.8, 4) is 11.1 Å². The summed E-state index contributed by atoms with van der Waals surface area (Å²) < 4.78 is 0. The largest absolute Gasteiger partial charge is 0.481 e. The molecule has 3 N–H and O–H groups in total. The van der Waals surface area contributed by atoms with E-state index >= 15 is 0 Å². The summed E-state index contributed by atoms with van der Waals surface area (Å²) in [4.78, 5) is 27.4. The molecule has 3 aromatic carbocycles. The van der Waals surface area contributed by atoms with Crippen LogP contribution in [0.1, 0.15) is 13.3 Å². The number of rotatable bonds is 2. The van der Waals surface area contributed by atoms with Gasteiger partial charge in [-0.1, -0.05) is 55.5 Å². The molecule has 144 valence electrons. The molecule has 0 amide bonds. The standard InChI is InChI=1S/C21H14N2O.C3H6O2/c24-21-20-17(10-11-22-20)18-12-14(8-9-19(18)23-21)16-7-3-5-13-4-1-2-6-15(13)16;1-2-3(4)5/h1-12,22H,(H,23,24);2H2,1H3,(H,4,5). The average molecular weight is 384 g/mol. The summed E-state index contributed by atoms with van der Waals surface area (Å²) in [6.45, 7) is 1.60. The van der Waals surface area contributed by atoms with Crippen LogP contribution in [0, 0.1) is 0 Å². The van der Waals surface area contributed by atoms with E-state index in [1.165, 1.54) is 16.3 Å². The fourth-order valence-electron chi connectivity index (χ4n) is 3.49. The number of H-pyrrole nitrogens is 2. The topological polar surface area (TPSA) is 85.9 Å². The lowest BCUT2D eigenvalue weighted by Gasteiger charge is -2.09. The van der Waals surface area contributed by atoms with Crippen LogP contribution in [-0.4, -0.2) is 21.0 Å². The molecule has 0 aliphatic heterocycles. The molecule has 0 fully saturated rings. The molecular formula is C24H20N2O3. The maximum Gasteiger partial charge on any atom is 0.303 e. The average Bonchev–Trinajstić information content (AvgIpc) is 3.25. The first kappa shape index (κ1) is 18.5. The molecule has 0 aliphatic carbocycles. The molecule has 0 radical (unpaired) electrons. The molecule has 0 saturated heterocycles. The highest BCUT2D eigenvalue weighted by molar-refractivity contribution is 6.07. The third-order valence-electron chi connectivity index (χ3n) is 4.94. The van der Waals surface area contributed by atoms with Crippen molar-refractivity contribution in [3.63, 3.8) is 0 Å². The quantitative estimate of drug-likeness (QED) is 0.385. The summed E-state index contributed by atoms with van der Waals surface area (Å²) in [7, 11) is 0. The first-order valence-corrected chi connectivity index (χ1v) is 9.41. The number of hydrogen-bond acceptors (Lipinski definition) is 2. The highest BCUT2D eigenvalue weighted by Gasteiger charge is 2.09. The molecule has 29 heavy (non-hydrogen) atoms. The van der Waals surface area contributed by atoms with E-state index in [-0.39, 0.29) is 12.0 Å². The second-order valence-corrected chi connectivity index (χ2v) is 6.75. The normalized spacial score (nSPS) is 10.8. The van der Waals surface area contributed by atoms with E-state index in [0.29, 0.717) is 5.52 Å². The number of aromatic nitrogens is 2. The van der Waals surface area contributed by atoms with Gasteiger partial charge in [-0.05, 0) is 40.1 Å². The fraction of sp³-hybridized carbons (Fsp3) is 0.0833. The third-order valence-corrected chi connectivity index (χ3v) is 4.94. The monoisotopic (exact) mass is 384 g/mol. The van der Waals surface area contributed by atoms with Crippen LogP contribution in [0.25, 0.3) is 43.7 Å². The van der Waals surface area contributed by atoms with Crippen LogP contribution in [-0.2, 0) is 4.79 Å². The molecule has 2 heterocycles. The van der Waals surface area contributed by atoms with Crippen LogP contribution in [0.5, 0.6) is 0 Å². The Bertz CT molecular complexity index is 1390. The van der Waals surface area contributed by atoms with Crippen molar-refractivity contribution >= 4 is 38.5 Å². The maximum absolute atomic E-state index is 12.1. The van der Waals surface area contributed by atoms with E-state index < -0.39 is 5.97 Å². The Kier molecular flexibility index (Phi) is 4.87. The third kappa shape index (κ3) is 3.50. The summed E-state index contributed by atoms with van der Waals surface area (Å²) in [5.41, 5.74) is 3.74. The SMILES string of the molecule is CCC(=O)O.O=c1[nH]c2ccc(-c3cccc4ccccc34)cc2c2cc[nH]c12. The highest BCUT2D eigenvalue weighted by atomic mass is 16.4. The molecule has 5 heteroatoms. The van der Waals surface area contributed by atoms with Gasteiger partial charge in [0.1, 0.15) is 5.52 Å². The number of carboxylic acid groups (broad SMARTS) is 1. The van der Waals surface area contributed by atoms with Gasteiger partial charge in [-0.3, -0.25) is 9.59 Å². The Morgan fingerprint density at radius 2 is 1.69 bits per heavy atom. The summed E-state index contributed by atoms with van der Waals surface area (Å²) in [5.74, 6) is -0.745. The van der Waals surface area contributed by atoms with E-state index in [1.807, 2.05) is 18.3 Å². The van der Waals surface area contributed by atoms with Crippen molar-refractivity contribution in [2.45, 2.75) is 13.3 Å². The predicted octanol–water partition coefficient (Wildman–Crippen LogP) is 5.31. The van der Waals surface area contributed by atoms with Crippen LogP contribution < -0.4 is 5.56 Å². The number of fused-ring (bicyclic) bond motifs is 4. The lowest BCUT2D eigenvalue weighted by Crippen LogP contribution is -2.05. The first-order chi connectivity index (χ1) is 14.1. The number of hydrogen-bond donors (Lipinski definition) is 3. The Morgan fingerprint density at radius 1 is 0.931 bits per heavy atom. The lowest BCUT2D eigenvalue weighted by molar-refractivity contribution is -0.136. The fourth-order valence-corrected chi connectivity index (χ4v) is 3.49. The molecule has 5 rings (SSSR count). The molecule has 0 spiro atoms. The van der Waals surface area contributed by atoms with Gasteiger partial charge in [0.05, 0.1) is 0 Å². The number of benzene rings is 3. The van der Waals surface area contributed by atoms with Crippen LogP contribution >= 0.6 is 0 Å². The zero-order valence-electron chi connectivity index (χ0n) is 15.9. The minimum absolute atomic E-state index is 0.0830. The molecule has 5 aromatic rings. The molecule has 0 saturated carbocycles. The van der Waals surface area contributed by atoms with Crippen LogP contribution in [0.15, 0.2) is 77.7 Å². The van der Waals surface area contributed by atoms with Gasteiger partial charge in [0.25, 0.3) is 5.56 Å². The Labute approximate surface area is 166 Å². The van der Waals surface area contributed by atoms with E-state index in [2.05, 4.69) is 64.6 Å². The van der Waals surface area contributed by atoms with E-state index in [9.17, 15) is 9.59 Å². The van der Waals surface area contributed by atoms with E-state index in [1.54, 1.807) is 6.92 Å². The smallest absolute Gasteiger partial charge is 0.303 e. The minimum atomic E-state index is -0.745. The molecule has 5 nitrogen and oxygen atoms in total. The zero-order valence-corrected chi connectivity index (χ0v) is 15.9. The molecule has 0 aliphatic rings. The Morgan fingerprint density at radius 3 is 2.48 bits per heavy atom. The van der Waals surface area contributed by atoms with Crippen LogP contribution in [0.3, 0.4) is 0 Å². The maximum atomic E-state index is 12.1.